The maximum Gasteiger partial charge on any atom is 0.239 e. The number of amides is 1. The van der Waals surface area contributed by atoms with E-state index in [9.17, 15) is 4.79 Å². The molecule has 0 spiro atoms. The van der Waals surface area contributed by atoms with Gasteiger partial charge in [0.2, 0.25) is 5.91 Å². The summed E-state index contributed by atoms with van der Waals surface area (Å²) >= 11 is 6.10. The second-order valence-corrected chi connectivity index (χ2v) is 5.28. The standard InChI is InChI=1S/C16H25ClN2O2.ClH/c1-5-16(21-14-11-9-8-10-13(14)17)18(4)15(20)12-19(6-2)7-3;/h8-11,16H,5-7,12H2,1-4H3;1H. The summed E-state index contributed by atoms with van der Waals surface area (Å²) in [5.74, 6) is 0.658. The first kappa shape index (κ1) is 21.0. The number of ether oxygens (including phenoxy) is 1. The number of carbonyl (C=O) groups excluding carboxylic acids is 1. The molecule has 1 rings (SSSR count). The van der Waals surface area contributed by atoms with E-state index >= 15 is 0 Å². The lowest BCUT2D eigenvalue weighted by atomic mass is 10.3. The number of hydrogen-bond donors (Lipinski definition) is 0. The molecule has 1 aromatic rings. The quantitative estimate of drug-likeness (QED) is 0.671. The van der Waals surface area contributed by atoms with Crippen LogP contribution >= 0.6 is 24.0 Å². The lowest BCUT2D eigenvalue weighted by Crippen LogP contribution is -2.45. The first-order valence-electron chi connectivity index (χ1n) is 7.42. The van der Waals surface area contributed by atoms with Gasteiger partial charge in [0.25, 0.3) is 0 Å². The molecule has 0 aliphatic carbocycles. The van der Waals surface area contributed by atoms with Gasteiger partial charge in [-0.25, -0.2) is 0 Å². The summed E-state index contributed by atoms with van der Waals surface area (Å²) in [6.07, 6.45) is 0.388. The smallest absolute Gasteiger partial charge is 0.239 e. The summed E-state index contributed by atoms with van der Waals surface area (Å²) in [5, 5.41) is 0.556. The van der Waals surface area contributed by atoms with E-state index in [2.05, 4.69) is 4.90 Å². The van der Waals surface area contributed by atoms with Gasteiger partial charge in [0, 0.05) is 13.5 Å². The van der Waals surface area contributed by atoms with Gasteiger partial charge < -0.3 is 9.64 Å². The van der Waals surface area contributed by atoms with Crippen molar-refractivity contribution in [2.45, 2.75) is 33.4 Å². The Balaban J connectivity index is 0.00000441. The summed E-state index contributed by atoms with van der Waals surface area (Å²) in [5.41, 5.74) is 0. The van der Waals surface area contributed by atoms with E-state index in [1.807, 2.05) is 39.0 Å². The number of nitrogens with zero attached hydrogens (tertiary/aromatic N) is 2. The third-order valence-electron chi connectivity index (χ3n) is 3.53. The van der Waals surface area contributed by atoms with Crippen molar-refractivity contribution in [1.29, 1.82) is 0 Å². The monoisotopic (exact) mass is 348 g/mol. The number of para-hydroxylation sites is 1. The molecule has 0 saturated carbocycles. The van der Waals surface area contributed by atoms with Crippen LogP contribution in [0.1, 0.15) is 27.2 Å². The fourth-order valence-electron chi connectivity index (χ4n) is 2.03. The minimum atomic E-state index is -0.312. The van der Waals surface area contributed by atoms with E-state index in [1.165, 1.54) is 0 Å². The molecule has 0 radical (unpaired) electrons. The Morgan fingerprint density at radius 2 is 1.82 bits per heavy atom. The van der Waals surface area contributed by atoms with Crippen LogP contribution in [0.25, 0.3) is 0 Å². The zero-order valence-corrected chi connectivity index (χ0v) is 15.3. The molecule has 0 N–H and O–H groups in total. The van der Waals surface area contributed by atoms with Crippen LogP contribution in [0, 0.1) is 0 Å². The molecule has 0 saturated heterocycles. The largest absolute Gasteiger partial charge is 0.469 e. The lowest BCUT2D eigenvalue weighted by Gasteiger charge is -2.30. The predicted molar refractivity (Wildman–Crippen MR) is 94.0 cm³/mol. The van der Waals surface area contributed by atoms with Gasteiger partial charge in [0.05, 0.1) is 11.6 Å². The van der Waals surface area contributed by atoms with E-state index in [-0.39, 0.29) is 24.5 Å². The Kier molecular flexibility index (Phi) is 10.2. The first-order chi connectivity index (χ1) is 10.0. The number of rotatable bonds is 8. The molecule has 1 unspecified atom stereocenters. The Labute approximate surface area is 144 Å². The average Bonchev–Trinajstić information content (AvgIpc) is 2.50. The summed E-state index contributed by atoms with van der Waals surface area (Å²) in [6, 6.07) is 7.31. The highest BCUT2D eigenvalue weighted by Gasteiger charge is 2.21. The van der Waals surface area contributed by atoms with Crippen LogP contribution in [0.5, 0.6) is 5.75 Å². The van der Waals surface area contributed by atoms with Crippen molar-refractivity contribution in [3.05, 3.63) is 29.3 Å². The first-order valence-corrected chi connectivity index (χ1v) is 7.80. The van der Waals surface area contributed by atoms with E-state index in [4.69, 9.17) is 16.3 Å². The van der Waals surface area contributed by atoms with Crippen molar-refractivity contribution in [1.82, 2.24) is 9.80 Å². The molecule has 1 atom stereocenters. The number of halogens is 2. The molecule has 0 heterocycles. The molecule has 1 aromatic carbocycles. The second-order valence-electron chi connectivity index (χ2n) is 4.88. The van der Waals surface area contributed by atoms with Gasteiger partial charge in [-0.05, 0) is 25.2 Å². The van der Waals surface area contributed by atoms with E-state index in [0.717, 1.165) is 13.1 Å². The highest BCUT2D eigenvalue weighted by Crippen LogP contribution is 2.25. The molecule has 22 heavy (non-hydrogen) atoms. The average molecular weight is 349 g/mol. The molecule has 0 aliphatic rings. The van der Waals surface area contributed by atoms with E-state index in [0.29, 0.717) is 23.7 Å². The molecule has 0 bridgehead atoms. The number of hydrogen-bond acceptors (Lipinski definition) is 3. The Morgan fingerprint density at radius 1 is 1.23 bits per heavy atom. The van der Waals surface area contributed by atoms with Crippen LogP contribution < -0.4 is 4.74 Å². The van der Waals surface area contributed by atoms with E-state index < -0.39 is 0 Å². The van der Waals surface area contributed by atoms with Gasteiger partial charge in [0.15, 0.2) is 6.23 Å². The highest BCUT2D eigenvalue weighted by molar-refractivity contribution is 6.32. The summed E-state index contributed by atoms with van der Waals surface area (Å²) < 4.78 is 5.88. The fourth-order valence-corrected chi connectivity index (χ4v) is 2.21. The van der Waals surface area contributed by atoms with Crippen molar-refractivity contribution >= 4 is 29.9 Å². The normalized spacial score (nSPS) is 11.7. The van der Waals surface area contributed by atoms with Crippen LogP contribution in [0.2, 0.25) is 5.02 Å². The minimum absolute atomic E-state index is 0. The molecule has 0 aliphatic heterocycles. The lowest BCUT2D eigenvalue weighted by molar-refractivity contribution is -0.138. The van der Waals surface area contributed by atoms with Gasteiger partial charge in [-0.1, -0.05) is 44.5 Å². The Bertz CT molecular complexity index is 454. The van der Waals surface area contributed by atoms with Crippen LogP contribution in [0.4, 0.5) is 0 Å². The van der Waals surface area contributed by atoms with Gasteiger partial charge in [0.1, 0.15) is 5.75 Å². The number of benzene rings is 1. The van der Waals surface area contributed by atoms with Crippen LogP contribution in [0.3, 0.4) is 0 Å². The third kappa shape index (κ3) is 6.03. The van der Waals surface area contributed by atoms with Gasteiger partial charge in [-0.15, -0.1) is 12.4 Å². The zero-order chi connectivity index (χ0) is 15.8. The fraction of sp³-hybridized carbons (Fsp3) is 0.562. The molecule has 0 aromatic heterocycles. The Hall–Kier alpha value is -0.970. The summed E-state index contributed by atoms with van der Waals surface area (Å²) in [7, 11) is 1.77. The van der Waals surface area contributed by atoms with Crippen LogP contribution in [-0.2, 0) is 4.79 Å². The molecular formula is C16H26Cl2N2O2. The minimum Gasteiger partial charge on any atom is -0.469 e. The maximum atomic E-state index is 12.3. The molecule has 126 valence electrons. The van der Waals surface area contributed by atoms with Crippen LogP contribution in [0.15, 0.2) is 24.3 Å². The topological polar surface area (TPSA) is 32.8 Å². The highest BCUT2D eigenvalue weighted by atomic mass is 35.5. The summed E-state index contributed by atoms with van der Waals surface area (Å²) in [6.45, 7) is 8.22. The molecule has 0 fully saturated rings. The number of carbonyl (C=O) groups is 1. The zero-order valence-electron chi connectivity index (χ0n) is 13.7. The number of likely N-dealkylation sites (N-methyl/N-ethyl adjacent to an activating group) is 2. The van der Waals surface area contributed by atoms with Gasteiger partial charge in [-0.3, -0.25) is 9.69 Å². The van der Waals surface area contributed by atoms with Gasteiger partial charge >= 0.3 is 0 Å². The third-order valence-corrected chi connectivity index (χ3v) is 3.84. The molecule has 1 amide bonds. The van der Waals surface area contributed by atoms with E-state index in [1.54, 1.807) is 18.0 Å². The SMILES string of the molecule is CCC(Oc1ccccc1Cl)N(C)C(=O)CN(CC)CC.Cl. The maximum absolute atomic E-state index is 12.3. The summed E-state index contributed by atoms with van der Waals surface area (Å²) in [4.78, 5) is 16.1. The van der Waals surface area contributed by atoms with Crippen molar-refractivity contribution in [2.24, 2.45) is 0 Å². The van der Waals surface area contributed by atoms with Gasteiger partial charge in [-0.2, -0.15) is 0 Å². The Morgan fingerprint density at radius 3 is 2.32 bits per heavy atom. The van der Waals surface area contributed by atoms with Crippen molar-refractivity contribution in [2.75, 3.05) is 26.7 Å². The van der Waals surface area contributed by atoms with Crippen LogP contribution in [-0.4, -0.2) is 48.6 Å². The van der Waals surface area contributed by atoms with Crippen molar-refractivity contribution in [3.63, 3.8) is 0 Å². The second kappa shape index (κ2) is 10.7. The van der Waals surface area contributed by atoms with Crippen molar-refractivity contribution < 1.29 is 9.53 Å². The molecule has 6 heteroatoms. The van der Waals surface area contributed by atoms with Crippen molar-refractivity contribution in [3.8, 4) is 5.75 Å². The molecular weight excluding hydrogens is 323 g/mol. The molecule has 4 nitrogen and oxygen atoms in total. The predicted octanol–water partition coefficient (Wildman–Crippen LogP) is 3.68.